The third kappa shape index (κ3) is 6.09. The lowest BCUT2D eigenvalue weighted by Crippen LogP contribution is -2.43. The first kappa shape index (κ1) is 28.0. The largest absolute Gasteiger partial charge is 0.353 e. The lowest BCUT2D eigenvalue weighted by Gasteiger charge is -2.23. The second-order valence-electron chi connectivity index (χ2n) is 10.1. The molecule has 2 heterocycles. The number of hydrogen-bond acceptors (Lipinski definition) is 5. The zero-order valence-corrected chi connectivity index (χ0v) is 24.4. The molecule has 3 aromatic carbocycles. The van der Waals surface area contributed by atoms with Gasteiger partial charge in [0.1, 0.15) is 12.4 Å². The first-order chi connectivity index (χ1) is 19.3. The van der Waals surface area contributed by atoms with E-state index in [4.69, 9.17) is 16.7 Å². The molecule has 1 aliphatic rings. The van der Waals surface area contributed by atoms with Crippen molar-refractivity contribution in [2.24, 2.45) is 0 Å². The van der Waals surface area contributed by atoms with Crippen LogP contribution in [0.3, 0.4) is 0 Å². The highest BCUT2D eigenvalue weighted by molar-refractivity contribution is 8.00. The Morgan fingerprint density at radius 1 is 1.07 bits per heavy atom. The van der Waals surface area contributed by atoms with Crippen molar-refractivity contribution in [2.75, 3.05) is 44.4 Å². The second-order valence-corrected chi connectivity index (χ2v) is 11.6. The molecule has 40 heavy (non-hydrogen) atoms. The molecule has 1 unspecified atom stereocenters. The molecular formula is C31H32ClN5O2S. The minimum absolute atomic E-state index is 0.110. The molecule has 4 aromatic rings. The maximum absolute atomic E-state index is 13.8. The van der Waals surface area contributed by atoms with E-state index < -0.39 is 0 Å². The number of carbonyl (C=O) groups is 2. The molecule has 2 amide bonds. The topological polar surface area (TPSA) is 70.5 Å². The van der Waals surface area contributed by atoms with E-state index in [-0.39, 0.29) is 29.4 Å². The summed E-state index contributed by atoms with van der Waals surface area (Å²) in [6.07, 6.45) is 0. The zero-order valence-electron chi connectivity index (χ0n) is 22.8. The number of benzene rings is 3. The summed E-state index contributed by atoms with van der Waals surface area (Å²) in [4.78, 5) is 30.5. The van der Waals surface area contributed by atoms with Gasteiger partial charge in [-0.1, -0.05) is 77.8 Å². The molecule has 0 bridgehead atoms. The summed E-state index contributed by atoms with van der Waals surface area (Å²) in [5, 5.41) is 8.44. The summed E-state index contributed by atoms with van der Waals surface area (Å²) in [5.74, 6) is 0.444. The fourth-order valence-corrected chi connectivity index (χ4v) is 6.20. The zero-order chi connectivity index (χ0) is 28.2. The number of hydrogen-bond donors (Lipinski definition) is 1. The van der Waals surface area contributed by atoms with E-state index in [0.717, 1.165) is 27.9 Å². The molecule has 1 aliphatic heterocycles. The van der Waals surface area contributed by atoms with Gasteiger partial charge in [-0.25, -0.2) is 4.68 Å². The van der Waals surface area contributed by atoms with Crippen LogP contribution in [0.25, 0.3) is 16.9 Å². The molecule has 0 aliphatic carbocycles. The third-order valence-electron chi connectivity index (χ3n) is 6.72. The molecule has 0 spiro atoms. The molecule has 5 rings (SSSR count). The van der Waals surface area contributed by atoms with Crippen LogP contribution in [-0.2, 0) is 9.59 Å². The maximum Gasteiger partial charge on any atom is 0.240 e. The highest BCUT2D eigenvalue weighted by Crippen LogP contribution is 2.48. The number of carbonyl (C=O) groups excluding carboxylic acids is 2. The molecule has 1 atom stereocenters. The van der Waals surface area contributed by atoms with Crippen molar-refractivity contribution in [3.63, 3.8) is 0 Å². The summed E-state index contributed by atoms with van der Waals surface area (Å²) in [7, 11) is 3.90. The van der Waals surface area contributed by atoms with E-state index >= 15 is 0 Å². The number of halogens is 1. The van der Waals surface area contributed by atoms with E-state index in [1.165, 1.54) is 0 Å². The van der Waals surface area contributed by atoms with Crippen LogP contribution in [0.15, 0.2) is 78.9 Å². The molecule has 1 N–H and O–H groups in total. The van der Waals surface area contributed by atoms with Gasteiger partial charge < -0.3 is 10.2 Å². The SMILES string of the molecule is Cc1cccc(C2SCC(=O)N(CC(=O)NCCN(C)C)c3c2c(-c2ccccc2)nn3-c2cccc(Cl)c2)c1. The lowest BCUT2D eigenvalue weighted by molar-refractivity contribution is -0.122. The van der Waals surface area contributed by atoms with E-state index in [0.29, 0.717) is 29.6 Å². The van der Waals surface area contributed by atoms with Gasteiger partial charge in [0, 0.05) is 29.2 Å². The number of thioether (sulfide) groups is 1. The number of aryl methyl sites for hydroxylation is 1. The van der Waals surface area contributed by atoms with Gasteiger partial charge in [-0.2, -0.15) is 5.10 Å². The Morgan fingerprint density at radius 2 is 1.85 bits per heavy atom. The molecule has 0 saturated carbocycles. The Balaban J connectivity index is 1.73. The number of anilines is 1. The van der Waals surface area contributed by atoms with Crippen molar-refractivity contribution in [2.45, 2.75) is 12.2 Å². The van der Waals surface area contributed by atoms with E-state index in [2.05, 4.69) is 30.4 Å². The van der Waals surface area contributed by atoms with Gasteiger partial charge in [0.05, 0.1) is 22.4 Å². The molecule has 7 nitrogen and oxygen atoms in total. The van der Waals surface area contributed by atoms with Gasteiger partial charge in [0.2, 0.25) is 11.8 Å². The summed E-state index contributed by atoms with van der Waals surface area (Å²) in [6, 6.07) is 25.7. The number of nitrogens with one attached hydrogen (secondary N) is 1. The van der Waals surface area contributed by atoms with Crippen molar-refractivity contribution in [3.05, 3.63) is 101 Å². The molecule has 0 saturated heterocycles. The molecular weight excluding hydrogens is 542 g/mol. The van der Waals surface area contributed by atoms with Crippen molar-refractivity contribution in [1.82, 2.24) is 20.0 Å². The van der Waals surface area contributed by atoms with Gasteiger partial charge in [-0.15, -0.1) is 11.8 Å². The van der Waals surface area contributed by atoms with E-state index in [9.17, 15) is 9.59 Å². The second kappa shape index (κ2) is 12.3. The molecule has 206 valence electrons. The number of aromatic nitrogens is 2. The molecule has 9 heteroatoms. The average molecular weight is 574 g/mol. The standard InChI is InChI=1S/C31H32ClN5O2S/c1-21-9-7-12-23(17-21)30-28-29(22-10-5-4-6-11-22)34-37(25-14-8-13-24(32)18-25)31(28)36(27(39)20-40-30)19-26(38)33-15-16-35(2)3/h4-14,17-18,30H,15-16,19-20H2,1-3H3,(H,33,38). The van der Waals surface area contributed by atoms with Crippen LogP contribution in [0.5, 0.6) is 0 Å². The first-order valence-electron chi connectivity index (χ1n) is 13.2. The summed E-state index contributed by atoms with van der Waals surface area (Å²) < 4.78 is 1.77. The Morgan fingerprint density at radius 3 is 2.58 bits per heavy atom. The Bertz CT molecular complexity index is 1520. The first-order valence-corrected chi connectivity index (χ1v) is 14.6. The smallest absolute Gasteiger partial charge is 0.240 e. The Kier molecular flexibility index (Phi) is 8.59. The summed E-state index contributed by atoms with van der Waals surface area (Å²) in [6.45, 7) is 3.15. The van der Waals surface area contributed by atoms with Crippen LogP contribution in [0, 0.1) is 6.92 Å². The van der Waals surface area contributed by atoms with Crippen LogP contribution in [0.1, 0.15) is 21.9 Å². The molecule has 1 aromatic heterocycles. The lowest BCUT2D eigenvalue weighted by atomic mass is 9.98. The molecule has 0 radical (unpaired) electrons. The van der Waals surface area contributed by atoms with Gasteiger partial charge in [0.25, 0.3) is 0 Å². The summed E-state index contributed by atoms with van der Waals surface area (Å²) in [5.41, 5.74) is 5.53. The average Bonchev–Trinajstić information content (AvgIpc) is 3.26. The summed E-state index contributed by atoms with van der Waals surface area (Å²) >= 11 is 7.97. The van der Waals surface area contributed by atoms with Gasteiger partial charge in [-0.05, 0) is 44.8 Å². The van der Waals surface area contributed by atoms with Crippen LogP contribution in [-0.4, -0.2) is 66.0 Å². The number of likely N-dealkylation sites (N-methyl/N-ethyl adjacent to an activating group) is 1. The monoisotopic (exact) mass is 573 g/mol. The maximum atomic E-state index is 13.8. The third-order valence-corrected chi connectivity index (χ3v) is 8.21. The van der Waals surface area contributed by atoms with Crippen molar-refractivity contribution in [3.8, 4) is 16.9 Å². The number of amides is 2. The van der Waals surface area contributed by atoms with Crippen LogP contribution in [0.4, 0.5) is 5.82 Å². The highest BCUT2D eigenvalue weighted by atomic mass is 35.5. The fraction of sp³-hybridized carbons (Fsp3) is 0.258. The Hall–Kier alpha value is -3.59. The Labute approximate surface area is 244 Å². The minimum Gasteiger partial charge on any atom is -0.353 e. The minimum atomic E-state index is -0.222. The van der Waals surface area contributed by atoms with E-state index in [1.807, 2.05) is 73.6 Å². The number of rotatable bonds is 8. The van der Waals surface area contributed by atoms with E-state index in [1.54, 1.807) is 27.4 Å². The quantitative estimate of drug-likeness (QED) is 0.308. The van der Waals surface area contributed by atoms with Crippen LogP contribution < -0.4 is 10.2 Å². The molecule has 0 fully saturated rings. The van der Waals surface area contributed by atoms with Gasteiger partial charge in [0.15, 0.2) is 0 Å². The van der Waals surface area contributed by atoms with Crippen molar-refractivity contribution >= 4 is 41.0 Å². The predicted octanol–water partition coefficient (Wildman–Crippen LogP) is 5.35. The normalized spacial score (nSPS) is 15.2. The van der Waals surface area contributed by atoms with Gasteiger partial charge >= 0.3 is 0 Å². The number of fused-ring (bicyclic) bond motifs is 1. The van der Waals surface area contributed by atoms with Crippen LogP contribution in [0.2, 0.25) is 5.02 Å². The predicted molar refractivity (Wildman–Crippen MR) is 163 cm³/mol. The fourth-order valence-electron chi connectivity index (χ4n) is 4.83. The number of nitrogens with zero attached hydrogens (tertiary/aromatic N) is 4. The van der Waals surface area contributed by atoms with Crippen LogP contribution >= 0.6 is 23.4 Å². The van der Waals surface area contributed by atoms with Crippen molar-refractivity contribution < 1.29 is 9.59 Å². The van der Waals surface area contributed by atoms with Gasteiger partial charge in [-0.3, -0.25) is 14.5 Å². The highest BCUT2D eigenvalue weighted by Gasteiger charge is 2.37. The van der Waals surface area contributed by atoms with Crippen molar-refractivity contribution in [1.29, 1.82) is 0 Å².